The van der Waals surface area contributed by atoms with Crippen LogP contribution < -0.4 is 11.1 Å². The highest BCUT2D eigenvalue weighted by molar-refractivity contribution is 7.99. The average molecular weight is 270 g/mol. The van der Waals surface area contributed by atoms with Gasteiger partial charge in [0, 0.05) is 12.4 Å². The molecule has 1 atom stereocenters. The van der Waals surface area contributed by atoms with Crippen LogP contribution in [0.2, 0.25) is 0 Å². The molecule has 7 nitrogen and oxygen atoms in total. The van der Waals surface area contributed by atoms with Gasteiger partial charge >= 0.3 is 5.97 Å². The summed E-state index contributed by atoms with van der Waals surface area (Å²) in [6.45, 7) is 0. The lowest BCUT2D eigenvalue weighted by Gasteiger charge is -2.05. The van der Waals surface area contributed by atoms with E-state index in [9.17, 15) is 9.59 Å². The molecule has 18 heavy (non-hydrogen) atoms. The topological polar surface area (TPSA) is 118 Å². The maximum absolute atomic E-state index is 11.4. The molecule has 98 valence electrons. The van der Waals surface area contributed by atoms with Crippen LogP contribution in [0.25, 0.3) is 0 Å². The fraction of sp³-hybridized carbons (Fsp3) is 0.400. The maximum Gasteiger partial charge on any atom is 0.320 e. The summed E-state index contributed by atoms with van der Waals surface area (Å²) in [4.78, 5) is 29.6. The molecule has 1 aromatic rings. The summed E-state index contributed by atoms with van der Waals surface area (Å²) >= 11 is 1.32. The van der Waals surface area contributed by atoms with Gasteiger partial charge in [0.2, 0.25) is 11.9 Å². The van der Waals surface area contributed by atoms with Gasteiger partial charge in [-0.3, -0.25) is 14.9 Å². The lowest BCUT2D eigenvalue weighted by molar-refractivity contribution is -0.138. The molecule has 0 bridgehead atoms. The average Bonchev–Trinajstić information content (AvgIpc) is 2.35. The number of amides is 1. The molecule has 4 N–H and O–H groups in total. The molecule has 1 rings (SSSR count). The molecule has 0 saturated heterocycles. The van der Waals surface area contributed by atoms with Crippen LogP contribution in [0.3, 0.4) is 0 Å². The van der Waals surface area contributed by atoms with Crippen LogP contribution in [0.15, 0.2) is 18.5 Å². The summed E-state index contributed by atoms with van der Waals surface area (Å²) in [5, 5.41) is 11.1. The van der Waals surface area contributed by atoms with Crippen LogP contribution in [0.4, 0.5) is 5.95 Å². The first-order chi connectivity index (χ1) is 8.59. The highest BCUT2D eigenvalue weighted by Gasteiger charge is 2.11. The standard InChI is InChI=1S/C10H14N4O3S/c11-7(9(16)17)2-5-18-6-8(15)14-10-12-3-1-4-13-10/h1,3-4,7H,2,5-6,11H2,(H,16,17)(H,12,13,14,15). The van der Waals surface area contributed by atoms with E-state index in [1.54, 1.807) is 6.07 Å². The number of carboxylic acids is 1. The number of hydrogen-bond acceptors (Lipinski definition) is 6. The van der Waals surface area contributed by atoms with E-state index in [1.165, 1.54) is 24.2 Å². The van der Waals surface area contributed by atoms with E-state index in [0.29, 0.717) is 12.2 Å². The molecule has 0 fully saturated rings. The van der Waals surface area contributed by atoms with E-state index < -0.39 is 12.0 Å². The Kier molecular flexibility index (Phi) is 6.09. The number of carbonyl (C=O) groups excluding carboxylic acids is 1. The third-order valence-electron chi connectivity index (χ3n) is 1.94. The number of carboxylic acid groups (broad SMARTS) is 1. The molecule has 0 saturated carbocycles. The number of thioether (sulfide) groups is 1. The number of carbonyl (C=O) groups is 2. The van der Waals surface area contributed by atoms with Gasteiger partial charge in [-0.15, -0.1) is 0 Å². The zero-order valence-electron chi connectivity index (χ0n) is 9.57. The smallest absolute Gasteiger partial charge is 0.320 e. The van der Waals surface area contributed by atoms with E-state index in [-0.39, 0.29) is 17.6 Å². The monoisotopic (exact) mass is 270 g/mol. The summed E-state index contributed by atoms with van der Waals surface area (Å²) in [6.07, 6.45) is 3.39. The van der Waals surface area contributed by atoms with Crippen LogP contribution >= 0.6 is 11.8 Å². The number of nitrogens with two attached hydrogens (primary N) is 1. The number of rotatable bonds is 7. The molecule has 1 aromatic heterocycles. The molecule has 8 heteroatoms. The Labute approximate surface area is 108 Å². The first-order valence-electron chi connectivity index (χ1n) is 5.22. The van der Waals surface area contributed by atoms with Crippen molar-refractivity contribution < 1.29 is 14.7 Å². The van der Waals surface area contributed by atoms with Crippen molar-refractivity contribution in [3.8, 4) is 0 Å². The Morgan fingerprint density at radius 2 is 2.11 bits per heavy atom. The van der Waals surface area contributed by atoms with E-state index in [4.69, 9.17) is 10.8 Å². The lowest BCUT2D eigenvalue weighted by Crippen LogP contribution is -2.30. The Hall–Kier alpha value is -1.67. The number of nitrogens with zero attached hydrogens (tertiary/aromatic N) is 2. The van der Waals surface area contributed by atoms with Crippen LogP contribution in [-0.4, -0.2) is 44.5 Å². The SMILES string of the molecule is NC(CCSCC(=O)Nc1ncccn1)C(=O)O. The number of aliphatic carboxylic acids is 1. The maximum atomic E-state index is 11.4. The first-order valence-corrected chi connectivity index (χ1v) is 6.38. The number of anilines is 1. The van der Waals surface area contributed by atoms with Crippen LogP contribution in [-0.2, 0) is 9.59 Å². The van der Waals surface area contributed by atoms with Gasteiger partial charge in [-0.05, 0) is 18.2 Å². The largest absolute Gasteiger partial charge is 0.480 e. The minimum absolute atomic E-state index is 0.213. The number of nitrogens with one attached hydrogen (secondary N) is 1. The normalized spacial score (nSPS) is 11.8. The van der Waals surface area contributed by atoms with E-state index in [1.807, 2.05) is 0 Å². The summed E-state index contributed by atoms with van der Waals surface area (Å²) in [6, 6.07) is 0.774. The Bertz CT molecular complexity index is 401. The van der Waals surface area contributed by atoms with Gasteiger partial charge in [-0.1, -0.05) is 0 Å². The Balaban J connectivity index is 2.16. The van der Waals surface area contributed by atoms with E-state index >= 15 is 0 Å². The van der Waals surface area contributed by atoms with E-state index in [0.717, 1.165) is 0 Å². The third-order valence-corrected chi connectivity index (χ3v) is 2.93. The fourth-order valence-corrected chi connectivity index (χ4v) is 1.85. The Morgan fingerprint density at radius 1 is 1.44 bits per heavy atom. The summed E-state index contributed by atoms with van der Waals surface area (Å²) in [5.41, 5.74) is 5.32. The van der Waals surface area contributed by atoms with Crippen molar-refractivity contribution in [1.82, 2.24) is 9.97 Å². The highest BCUT2D eigenvalue weighted by atomic mass is 32.2. The molecular formula is C10H14N4O3S. The van der Waals surface area contributed by atoms with Crippen molar-refractivity contribution in [3.05, 3.63) is 18.5 Å². The number of aromatic nitrogens is 2. The van der Waals surface area contributed by atoms with Gasteiger partial charge in [-0.2, -0.15) is 11.8 Å². The van der Waals surface area contributed by atoms with Gasteiger partial charge in [0.1, 0.15) is 6.04 Å². The predicted molar refractivity (Wildman–Crippen MR) is 68.2 cm³/mol. The lowest BCUT2D eigenvalue weighted by atomic mass is 10.2. The molecule has 0 radical (unpaired) electrons. The second-order valence-corrected chi connectivity index (χ2v) is 4.51. The predicted octanol–water partition coefficient (Wildman–Crippen LogP) is -0.0497. The third kappa shape index (κ3) is 5.60. The van der Waals surface area contributed by atoms with E-state index in [2.05, 4.69) is 15.3 Å². The molecule has 0 aliphatic carbocycles. The minimum atomic E-state index is -1.03. The van der Waals surface area contributed by atoms with Crippen LogP contribution in [0.1, 0.15) is 6.42 Å². The first kappa shape index (κ1) is 14.4. The van der Waals surface area contributed by atoms with Gasteiger partial charge in [0.05, 0.1) is 5.75 Å². The molecule has 0 aliphatic heterocycles. The molecule has 0 aliphatic rings. The van der Waals surface area contributed by atoms with Crippen molar-refractivity contribution >= 4 is 29.6 Å². The van der Waals surface area contributed by atoms with Crippen molar-refractivity contribution in [2.75, 3.05) is 16.8 Å². The molecule has 1 unspecified atom stereocenters. The minimum Gasteiger partial charge on any atom is -0.480 e. The van der Waals surface area contributed by atoms with Gasteiger partial charge in [-0.25, -0.2) is 9.97 Å². The molecule has 0 aromatic carbocycles. The van der Waals surface area contributed by atoms with Crippen LogP contribution in [0, 0.1) is 0 Å². The van der Waals surface area contributed by atoms with Crippen molar-refractivity contribution in [2.24, 2.45) is 5.73 Å². The summed E-state index contributed by atoms with van der Waals surface area (Å²) in [7, 11) is 0. The zero-order valence-corrected chi connectivity index (χ0v) is 10.4. The summed E-state index contributed by atoms with van der Waals surface area (Å²) < 4.78 is 0. The van der Waals surface area contributed by atoms with Crippen molar-refractivity contribution in [2.45, 2.75) is 12.5 Å². The molecule has 0 spiro atoms. The van der Waals surface area contributed by atoms with Gasteiger partial charge in [0.25, 0.3) is 0 Å². The molecular weight excluding hydrogens is 256 g/mol. The number of hydrogen-bond donors (Lipinski definition) is 3. The second-order valence-electron chi connectivity index (χ2n) is 3.41. The van der Waals surface area contributed by atoms with Gasteiger partial charge < -0.3 is 10.8 Å². The zero-order chi connectivity index (χ0) is 13.4. The quantitative estimate of drug-likeness (QED) is 0.594. The second kappa shape index (κ2) is 7.62. The molecule has 1 heterocycles. The van der Waals surface area contributed by atoms with Crippen molar-refractivity contribution in [1.29, 1.82) is 0 Å². The van der Waals surface area contributed by atoms with Gasteiger partial charge in [0.15, 0.2) is 0 Å². The van der Waals surface area contributed by atoms with Crippen LogP contribution in [0.5, 0.6) is 0 Å². The van der Waals surface area contributed by atoms with Crippen molar-refractivity contribution in [3.63, 3.8) is 0 Å². The Morgan fingerprint density at radius 3 is 2.72 bits per heavy atom. The fourth-order valence-electron chi connectivity index (χ4n) is 1.02. The summed E-state index contributed by atoms with van der Waals surface area (Å²) in [5.74, 6) is -0.278. The highest BCUT2D eigenvalue weighted by Crippen LogP contribution is 2.05. The molecule has 1 amide bonds.